The maximum atomic E-state index is 11.9. The fourth-order valence-electron chi connectivity index (χ4n) is 1.77. The third-order valence-corrected chi connectivity index (χ3v) is 3.40. The van der Waals surface area contributed by atoms with Gasteiger partial charge in [-0.2, -0.15) is 5.10 Å². The van der Waals surface area contributed by atoms with Crippen LogP contribution in [0.4, 0.5) is 5.69 Å². The molecule has 0 aliphatic heterocycles. The first-order valence-corrected chi connectivity index (χ1v) is 6.66. The molecule has 1 heterocycles. The molecule has 0 radical (unpaired) electrons. The number of amides is 1. The molecule has 21 heavy (non-hydrogen) atoms. The van der Waals surface area contributed by atoms with Crippen molar-refractivity contribution in [3.8, 4) is 0 Å². The molecule has 0 bridgehead atoms. The van der Waals surface area contributed by atoms with Gasteiger partial charge in [-0.15, -0.1) is 0 Å². The molecule has 0 atom stereocenters. The van der Waals surface area contributed by atoms with Crippen molar-refractivity contribution >= 4 is 29.2 Å². The molecule has 0 aliphatic carbocycles. The Balaban J connectivity index is 1.92. The highest BCUT2D eigenvalue weighted by Gasteiger charge is 2.09. The molecule has 0 saturated carbocycles. The van der Waals surface area contributed by atoms with Gasteiger partial charge < -0.3 is 10.4 Å². The Morgan fingerprint density at radius 2 is 2.19 bits per heavy atom. The van der Waals surface area contributed by atoms with Crippen molar-refractivity contribution < 1.29 is 14.7 Å². The minimum Gasteiger partial charge on any atom is -0.478 e. The normalized spacial score (nSPS) is 10.4. The average Bonchev–Trinajstić information content (AvgIpc) is 2.91. The second kappa shape index (κ2) is 6.41. The number of benzene rings is 1. The number of carboxylic acid groups (broad SMARTS) is 1. The number of nitrogens with zero attached hydrogens (tertiary/aromatic N) is 2. The highest BCUT2D eigenvalue weighted by atomic mass is 35.5. The first-order valence-electron chi connectivity index (χ1n) is 6.28. The molecule has 1 aromatic carbocycles. The zero-order valence-corrected chi connectivity index (χ0v) is 12.1. The second-order valence-electron chi connectivity index (χ2n) is 4.51. The molecule has 0 fully saturated rings. The lowest BCUT2D eigenvalue weighted by Gasteiger charge is -2.09. The van der Waals surface area contributed by atoms with Gasteiger partial charge in [-0.05, 0) is 24.6 Å². The quantitative estimate of drug-likeness (QED) is 0.889. The van der Waals surface area contributed by atoms with E-state index in [-0.39, 0.29) is 17.9 Å². The molecule has 2 N–H and O–H groups in total. The summed E-state index contributed by atoms with van der Waals surface area (Å²) in [5.74, 6) is -1.23. The van der Waals surface area contributed by atoms with Gasteiger partial charge in [0.2, 0.25) is 5.91 Å². The Bertz CT molecular complexity index is 682. The number of aromatic carboxylic acids is 1. The summed E-state index contributed by atoms with van der Waals surface area (Å²) in [7, 11) is 0. The van der Waals surface area contributed by atoms with Crippen molar-refractivity contribution in [2.24, 2.45) is 0 Å². The van der Waals surface area contributed by atoms with Gasteiger partial charge in [-0.25, -0.2) is 4.79 Å². The Morgan fingerprint density at radius 1 is 1.43 bits per heavy atom. The fourth-order valence-corrected chi connectivity index (χ4v) is 1.94. The molecule has 7 heteroatoms. The smallest absolute Gasteiger partial charge is 0.338 e. The summed E-state index contributed by atoms with van der Waals surface area (Å²) in [6, 6.07) is 5.29. The van der Waals surface area contributed by atoms with Crippen molar-refractivity contribution in [2.75, 3.05) is 5.32 Å². The van der Waals surface area contributed by atoms with Crippen molar-refractivity contribution in [1.82, 2.24) is 9.78 Å². The molecular formula is C14H14ClN3O3. The van der Waals surface area contributed by atoms with Crippen molar-refractivity contribution in [2.45, 2.75) is 19.9 Å². The third kappa shape index (κ3) is 3.82. The standard InChI is InChI=1S/C14H14ClN3O3/c1-9-11(15)3-2-4-12(9)17-13(19)5-6-18-8-10(7-16-18)14(20)21/h2-4,7-8H,5-6H2,1H3,(H,17,19)(H,20,21). The van der Waals surface area contributed by atoms with Gasteiger partial charge in [0.15, 0.2) is 0 Å². The van der Waals surface area contributed by atoms with Gasteiger partial charge in [0, 0.05) is 29.9 Å². The summed E-state index contributed by atoms with van der Waals surface area (Å²) < 4.78 is 1.42. The van der Waals surface area contributed by atoms with Crippen LogP contribution < -0.4 is 5.32 Å². The molecule has 2 rings (SSSR count). The van der Waals surface area contributed by atoms with Gasteiger partial charge >= 0.3 is 5.97 Å². The van der Waals surface area contributed by atoms with Crippen LogP contribution in [-0.2, 0) is 11.3 Å². The first-order chi connectivity index (χ1) is 9.97. The summed E-state index contributed by atoms with van der Waals surface area (Å²) >= 11 is 5.98. The summed E-state index contributed by atoms with van der Waals surface area (Å²) in [4.78, 5) is 22.6. The Labute approximate surface area is 126 Å². The maximum absolute atomic E-state index is 11.9. The second-order valence-corrected chi connectivity index (χ2v) is 4.92. The third-order valence-electron chi connectivity index (χ3n) is 2.99. The lowest BCUT2D eigenvalue weighted by Crippen LogP contribution is -2.15. The van der Waals surface area contributed by atoms with Crippen LogP contribution >= 0.6 is 11.6 Å². The number of halogens is 1. The Kier molecular flexibility index (Phi) is 4.59. The van der Waals surface area contributed by atoms with Crippen LogP contribution in [0.5, 0.6) is 0 Å². The van der Waals surface area contributed by atoms with E-state index in [1.807, 2.05) is 6.92 Å². The van der Waals surface area contributed by atoms with E-state index in [9.17, 15) is 9.59 Å². The summed E-state index contributed by atoms with van der Waals surface area (Å²) in [5.41, 5.74) is 1.57. The van der Waals surface area contributed by atoms with Crippen molar-refractivity contribution in [3.63, 3.8) is 0 Å². The Morgan fingerprint density at radius 3 is 2.86 bits per heavy atom. The van der Waals surface area contributed by atoms with Crippen LogP contribution in [0.25, 0.3) is 0 Å². The van der Waals surface area contributed by atoms with Gasteiger partial charge in [-0.1, -0.05) is 17.7 Å². The number of nitrogens with one attached hydrogen (secondary N) is 1. The van der Waals surface area contributed by atoms with Crippen molar-refractivity contribution in [3.05, 3.63) is 46.7 Å². The van der Waals surface area contributed by atoms with Crippen LogP contribution in [0.2, 0.25) is 5.02 Å². The molecule has 0 unspecified atom stereocenters. The molecule has 0 saturated heterocycles. The highest BCUT2D eigenvalue weighted by Crippen LogP contribution is 2.22. The lowest BCUT2D eigenvalue weighted by molar-refractivity contribution is -0.116. The van der Waals surface area contributed by atoms with Crippen LogP contribution in [0.15, 0.2) is 30.6 Å². The molecule has 0 aliphatic rings. The van der Waals surface area contributed by atoms with Crippen LogP contribution in [-0.4, -0.2) is 26.8 Å². The maximum Gasteiger partial charge on any atom is 0.338 e. The van der Waals surface area contributed by atoms with Gasteiger partial charge in [0.25, 0.3) is 0 Å². The number of carboxylic acids is 1. The SMILES string of the molecule is Cc1c(Cl)cccc1NC(=O)CCn1cc(C(=O)O)cn1. The molecule has 6 nitrogen and oxygen atoms in total. The van der Waals surface area contributed by atoms with Gasteiger partial charge in [0.05, 0.1) is 11.8 Å². The number of anilines is 1. The fraction of sp³-hybridized carbons (Fsp3) is 0.214. The number of aromatic nitrogens is 2. The predicted molar refractivity (Wildman–Crippen MR) is 78.6 cm³/mol. The number of rotatable bonds is 5. The zero-order valence-electron chi connectivity index (χ0n) is 11.3. The molecule has 2 aromatic rings. The summed E-state index contributed by atoms with van der Waals surface area (Å²) in [5, 5.41) is 16.0. The average molecular weight is 308 g/mol. The first kappa shape index (κ1) is 15.1. The summed E-state index contributed by atoms with van der Waals surface area (Å²) in [6.07, 6.45) is 2.83. The number of hydrogen-bond donors (Lipinski definition) is 2. The van der Waals surface area contributed by atoms with Gasteiger partial charge in [-0.3, -0.25) is 9.48 Å². The van der Waals surface area contributed by atoms with E-state index in [2.05, 4.69) is 10.4 Å². The minimum absolute atomic E-state index is 0.0982. The molecule has 0 spiro atoms. The van der Waals surface area contributed by atoms with E-state index in [1.54, 1.807) is 18.2 Å². The molecule has 1 aromatic heterocycles. The lowest BCUT2D eigenvalue weighted by atomic mass is 10.2. The highest BCUT2D eigenvalue weighted by molar-refractivity contribution is 6.31. The van der Waals surface area contributed by atoms with Crippen LogP contribution in [0.1, 0.15) is 22.3 Å². The Hall–Kier alpha value is -2.34. The van der Waals surface area contributed by atoms with E-state index >= 15 is 0 Å². The number of carbonyl (C=O) groups excluding carboxylic acids is 1. The van der Waals surface area contributed by atoms with Crippen LogP contribution in [0.3, 0.4) is 0 Å². The topological polar surface area (TPSA) is 84.2 Å². The van der Waals surface area contributed by atoms with Crippen molar-refractivity contribution in [1.29, 1.82) is 0 Å². The molecule has 1 amide bonds. The van der Waals surface area contributed by atoms with E-state index in [1.165, 1.54) is 17.1 Å². The molecule has 110 valence electrons. The van der Waals surface area contributed by atoms with E-state index < -0.39 is 5.97 Å². The van der Waals surface area contributed by atoms with E-state index in [4.69, 9.17) is 16.7 Å². The largest absolute Gasteiger partial charge is 0.478 e. The summed E-state index contributed by atoms with van der Waals surface area (Å²) in [6.45, 7) is 2.13. The number of carbonyl (C=O) groups is 2. The monoisotopic (exact) mass is 307 g/mol. The molecular weight excluding hydrogens is 294 g/mol. The minimum atomic E-state index is -1.04. The predicted octanol–water partition coefficient (Wildman–Crippen LogP) is 2.57. The van der Waals surface area contributed by atoms with E-state index in [0.717, 1.165) is 5.56 Å². The van der Waals surface area contributed by atoms with E-state index in [0.29, 0.717) is 17.3 Å². The number of aryl methyl sites for hydroxylation is 1. The zero-order chi connectivity index (χ0) is 15.4. The van der Waals surface area contributed by atoms with Gasteiger partial charge in [0.1, 0.15) is 0 Å². The number of hydrogen-bond acceptors (Lipinski definition) is 3. The van der Waals surface area contributed by atoms with Crippen LogP contribution in [0, 0.1) is 6.92 Å².